The molecule has 0 spiro atoms. The van der Waals surface area contributed by atoms with E-state index in [1.807, 2.05) is 0 Å². The molecule has 1 aromatic heterocycles. The van der Waals surface area contributed by atoms with Crippen molar-refractivity contribution in [3.8, 4) is 0 Å². The zero-order valence-corrected chi connectivity index (χ0v) is 15.6. The quantitative estimate of drug-likeness (QED) is 0.620. The lowest BCUT2D eigenvalue weighted by molar-refractivity contribution is -0.138. The van der Waals surface area contributed by atoms with Crippen molar-refractivity contribution in [2.45, 2.75) is 62.9 Å². The number of nitrogens with zero attached hydrogens (tertiary/aromatic N) is 3. The van der Waals surface area contributed by atoms with Crippen LogP contribution in [0.3, 0.4) is 0 Å². The third-order valence-corrected chi connectivity index (χ3v) is 4.29. The molecule has 1 aromatic rings. The number of aromatic nitrogens is 3. The lowest BCUT2D eigenvalue weighted by Crippen LogP contribution is -2.37. The highest BCUT2D eigenvalue weighted by Gasteiger charge is 2.46. The zero-order chi connectivity index (χ0) is 20.0. The molecule has 2 atom stereocenters. The lowest BCUT2D eigenvalue weighted by atomic mass is 9.92. The molecular weight excluding hydrogens is 412 g/mol. The van der Waals surface area contributed by atoms with Crippen LogP contribution in [-0.2, 0) is 0 Å². The van der Waals surface area contributed by atoms with E-state index in [9.17, 15) is 31.4 Å². The summed E-state index contributed by atoms with van der Waals surface area (Å²) in [5.74, 6) is -6.09. The smallest absolute Gasteiger partial charge is 0.380 e. The van der Waals surface area contributed by atoms with Gasteiger partial charge in [0.1, 0.15) is 11.9 Å². The van der Waals surface area contributed by atoms with E-state index in [0.717, 1.165) is 19.8 Å². The third kappa shape index (κ3) is 4.99. The molecule has 0 aromatic carbocycles. The first-order chi connectivity index (χ1) is 12.5. The summed E-state index contributed by atoms with van der Waals surface area (Å²) in [4.78, 5) is 11.5. The number of halogens is 6. The van der Waals surface area contributed by atoms with Crippen LogP contribution in [0.1, 0.15) is 38.4 Å². The van der Waals surface area contributed by atoms with Gasteiger partial charge >= 0.3 is 6.18 Å². The van der Waals surface area contributed by atoms with Crippen LogP contribution in [0.25, 0.3) is 5.57 Å². The minimum Gasteiger partial charge on any atom is -0.380 e. The number of nitrogens with one attached hydrogen (secondary N) is 2. The maximum Gasteiger partial charge on any atom is 0.408 e. The van der Waals surface area contributed by atoms with Crippen LogP contribution in [0, 0.1) is 0 Å². The van der Waals surface area contributed by atoms with E-state index >= 15 is 0 Å². The summed E-state index contributed by atoms with van der Waals surface area (Å²) >= 11 is 0. The Morgan fingerprint density at radius 1 is 1.14 bits per heavy atom. The largest absolute Gasteiger partial charge is 0.408 e. The summed E-state index contributed by atoms with van der Waals surface area (Å²) in [5.41, 5.74) is -0.377. The van der Waals surface area contributed by atoms with E-state index in [1.165, 1.54) is 0 Å². The Labute approximate surface area is 163 Å². The van der Waals surface area contributed by atoms with Crippen LogP contribution in [-0.4, -0.2) is 50.3 Å². The number of anilines is 2. The zero-order valence-electron chi connectivity index (χ0n) is 14.6. The fourth-order valence-electron chi connectivity index (χ4n) is 2.44. The Morgan fingerprint density at radius 3 is 2.32 bits per heavy atom. The Hall–Kier alpha value is -1.76. The minimum absolute atomic E-state index is 0. The molecule has 2 aliphatic carbocycles. The maximum absolute atomic E-state index is 14.2. The molecule has 6 nitrogen and oxygen atoms in total. The Kier molecular flexibility index (Phi) is 6.38. The molecule has 1 unspecified atom stereocenters. The van der Waals surface area contributed by atoms with Crippen molar-refractivity contribution < 1.29 is 31.4 Å². The van der Waals surface area contributed by atoms with Crippen molar-refractivity contribution >= 4 is 31.0 Å². The van der Waals surface area contributed by atoms with Crippen molar-refractivity contribution in [2.75, 3.05) is 10.6 Å². The molecule has 1 fully saturated rings. The van der Waals surface area contributed by atoms with Gasteiger partial charge in [-0.2, -0.15) is 41.6 Å². The Morgan fingerprint density at radius 2 is 1.75 bits per heavy atom. The van der Waals surface area contributed by atoms with Crippen LogP contribution in [0.5, 0.6) is 0 Å². The number of allylic oxidation sites excluding steroid dienone is 1. The monoisotopic (exact) mass is 431 g/mol. The standard InChI is InChI=1S/C15H17F6N5O.H2S/c1-6(15(19,20)21)22-12-24-11(25-13(26-12)23-7-2-3-7)8-4-5-14(17,18)10(27)9(8)16;/h6-7,10,27H,2-5H2,1H3,(H2,22,23,24,25,26);1H2/t6-,10?;/m0./s1. The number of hydrogen-bond donors (Lipinski definition) is 3. The molecule has 0 aliphatic heterocycles. The van der Waals surface area contributed by atoms with Crippen molar-refractivity contribution in [1.82, 2.24) is 15.0 Å². The molecule has 0 radical (unpaired) electrons. The normalized spacial score (nSPS) is 23.1. The summed E-state index contributed by atoms with van der Waals surface area (Å²) in [6.45, 7) is 0.849. The highest BCUT2D eigenvalue weighted by Crippen LogP contribution is 2.41. The second-order valence-corrected chi connectivity index (χ2v) is 6.62. The molecule has 2 aliphatic rings. The van der Waals surface area contributed by atoms with Crippen molar-refractivity contribution in [3.05, 3.63) is 11.7 Å². The number of alkyl halides is 5. The van der Waals surface area contributed by atoms with Crippen molar-refractivity contribution in [3.63, 3.8) is 0 Å². The molecule has 0 saturated heterocycles. The van der Waals surface area contributed by atoms with Gasteiger partial charge in [0.15, 0.2) is 11.9 Å². The molecule has 28 heavy (non-hydrogen) atoms. The van der Waals surface area contributed by atoms with E-state index in [-0.39, 0.29) is 31.1 Å². The van der Waals surface area contributed by atoms with E-state index in [4.69, 9.17) is 0 Å². The van der Waals surface area contributed by atoms with Crippen LogP contribution >= 0.6 is 13.5 Å². The van der Waals surface area contributed by atoms with Crippen molar-refractivity contribution in [2.24, 2.45) is 0 Å². The number of aliphatic hydroxyl groups is 1. The lowest BCUT2D eigenvalue weighted by Gasteiger charge is -2.27. The molecule has 0 bridgehead atoms. The maximum atomic E-state index is 14.2. The first-order valence-electron chi connectivity index (χ1n) is 8.28. The fraction of sp³-hybridized carbons (Fsp3) is 0.667. The van der Waals surface area contributed by atoms with E-state index in [0.29, 0.717) is 0 Å². The third-order valence-electron chi connectivity index (χ3n) is 4.29. The second-order valence-electron chi connectivity index (χ2n) is 6.62. The molecule has 158 valence electrons. The summed E-state index contributed by atoms with van der Waals surface area (Å²) < 4.78 is 79.5. The van der Waals surface area contributed by atoms with Gasteiger partial charge in [0, 0.05) is 18.0 Å². The van der Waals surface area contributed by atoms with E-state index < -0.39 is 54.7 Å². The highest BCUT2D eigenvalue weighted by atomic mass is 32.1. The van der Waals surface area contributed by atoms with Gasteiger partial charge in [-0.05, 0) is 26.2 Å². The summed E-state index contributed by atoms with van der Waals surface area (Å²) in [6, 6.07) is -1.96. The molecule has 3 rings (SSSR count). The summed E-state index contributed by atoms with van der Waals surface area (Å²) in [5, 5.41) is 14.4. The number of aliphatic hydroxyl groups excluding tert-OH is 1. The van der Waals surface area contributed by atoms with E-state index in [1.54, 1.807) is 0 Å². The SMILES string of the molecule is C[C@H](Nc1nc(NC2CC2)nc(C2=C(F)C(O)C(F)(F)CC2)n1)C(F)(F)F.S. The topological polar surface area (TPSA) is 83.0 Å². The molecule has 13 heteroatoms. The highest BCUT2D eigenvalue weighted by molar-refractivity contribution is 7.59. The van der Waals surface area contributed by atoms with Gasteiger partial charge in [-0.3, -0.25) is 0 Å². The van der Waals surface area contributed by atoms with Crippen molar-refractivity contribution in [1.29, 1.82) is 0 Å². The van der Waals surface area contributed by atoms with Gasteiger partial charge in [-0.25, -0.2) is 13.2 Å². The van der Waals surface area contributed by atoms with Crippen LogP contribution in [0.15, 0.2) is 5.83 Å². The molecule has 0 amide bonds. The summed E-state index contributed by atoms with van der Waals surface area (Å²) in [7, 11) is 0. The molecule has 1 heterocycles. The van der Waals surface area contributed by atoms with Crippen LogP contribution < -0.4 is 10.6 Å². The minimum atomic E-state index is -4.58. The van der Waals surface area contributed by atoms with E-state index in [2.05, 4.69) is 25.6 Å². The average Bonchev–Trinajstić information content (AvgIpc) is 3.35. The Balaban J connectivity index is 0.00000280. The average molecular weight is 431 g/mol. The first kappa shape index (κ1) is 22.5. The number of rotatable bonds is 5. The van der Waals surface area contributed by atoms with Crippen LogP contribution in [0.2, 0.25) is 0 Å². The molecule has 3 N–H and O–H groups in total. The predicted molar refractivity (Wildman–Crippen MR) is 94.2 cm³/mol. The van der Waals surface area contributed by atoms with Gasteiger partial charge in [0.05, 0.1) is 0 Å². The molecule has 1 saturated carbocycles. The number of hydrogen-bond acceptors (Lipinski definition) is 6. The van der Waals surface area contributed by atoms with Gasteiger partial charge < -0.3 is 15.7 Å². The second kappa shape index (κ2) is 7.93. The van der Waals surface area contributed by atoms with Gasteiger partial charge in [0.25, 0.3) is 5.92 Å². The molecular formula is C15H19F6N5OS. The Bertz CT molecular complexity index is 755. The van der Waals surface area contributed by atoms with Gasteiger partial charge in [-0.15, -0.1) is 0 Å². The fourth-order valence-corrected chi connectivity index (χ4v) is 2.44. The summed E-state index contributed by atoms with van der Waals surface area (Å²) in [6.07, 6.45) is -6.92. The first-order valence-corrected chi connectivity index (χ1v) is 8.28. The van der Waals surface area contributed by atoms with Crippen LogP contribution in [0.4, 0.5) is 38.2 Å². The predicted octanol–water partition coefficient (Wildman–Crippen LogP) is 3.39. The van der Waals surface area contributed by atoms with Gasteiger partial charge in [0.2, 0.25) is 11.9 Å². The van der Waals surface area contributed by atoms with Gasteiger partial charge in [-0.1, -0.05) is 0 Å².